The smallest absolute Gasteiger partial charge is 0.306 e. The first-order valence-corrected chi connectivity index (χ1v) is 7.91. The third-order valence-corrected chi connectivity index (χ3v) is 6.76. The number of quaternary nitrogens is 1. The van der Waals surface area contributed by atoms with Gasteiger partial charge in [-0.05, 0) is 39.5 Å². The lowest BCUT2D eigenvalue weighted by Crippen LogP contribution is -2.41. The second-order valence-corrected chi connectivity index (χ2v) is 9.65. The van der Waals surface area contributed by atoms with Crippen molar-refractivity contribution in [3.8, 4) is 0 Å². The van der Waals surface area contributed by atoms with Gasteiger partial charge >= 0.3 is 5.69 Å². The van der Waals surface area contributed by atoms with Crippen molar-refractivity contribution in [2.45, 2.75) is 38.9 Å². The van der Waals surface area contributed by atoms with Gasteiger partial charge in [-0.1, -0.05) is 0 Å². The van der Waals surface area contributed by atoms with Crippen LogP contribution in [0.3, 0.4) is 0 Å². The Bertz CT molecular complexity index is 222. The minimum absolute atomic E-state index is 0.312. The summed E-state index contributed by atoms with van der Waals surface area (Å²) in [5.74, 6) is 0. The van der Waals surface area contributed by atoms with E-state index in [1.165, 1.54) is 11.6 Å². The van der Waals surface area contributed by atoms with E-state index >= 15 is 0 Å². The summed E-state index contributed by atoms with van der Waals surface area (Å²) in [4.78, 5) is 0. The molecular weight excluding hydrogens is 213 g/mol. The molecule has 0 aliphatic carbocycles. The standard InChI is InChI=1S/C6H14NO2PS2/c1-5(2)6(3,4)9-10(11,8-5)12-7/h7H2,1-4H3/p+1. The molecule has 1 heterocycles. The van der Waals surface area contributed by atoms with Crippen LogP contribution in [0, 0.1) is 0 Å². The van der Waals surface area contributed by atoms with Gasteiger partial charge in [0.05, 0.1) is 11.2 Å². The molecule has 1 aliphatic rings. The second-order valence-electron chi connectivity index (χ2n) is 3.78. The van der Waals surface area contributed by atoms with Gasteiger partial charge in [-0.3, -0.25) is 5.14 Å². The number of hydrogen-bond donors (Lipinski definition) is 1. The topological polar surface area (TPSA) is 46.1 Å². The van der Waals surface area contributed by atoms with Crippen molar-refractivity contribution in [2.75, 3.05) is 0 Å². The van der Waals surface area contributed by atoms with Gasteiger partial charge < -0.3 is 9.05 Å². The quantitative estimate of drug-likeness (QED) is 0.548. The Kier molecular flexibility index (Phi) is 2.68. The van der Waals surface area contributed by atoms with E-state index in [0.29, 0.717) is 0 Å². The van der Waals surface area contributed by atoms with Crippen LogP contribution < -0.4 is 5.14 Å². The molecule has 0 saturated carbocycles. The zero-order valence-electron chi connectivity index (χ0n) is 7.79. The minimum atomic E-state index is -2.16. The highest BCUT2D eigenvalue weighted by Gasteiger charge is 2.54. The van der Waals surface area contributed by atoms with Gasteiger partial charge in [0, 0.05) is 0 Å². The van der Waals surface area contributed by atoms with Gasteiger partial charge in [-0.2, -0.15) is 0 Å². The summed E-state index contributed by atoms with van der Waals surface area (Å²) >= 11 is 6.50. The van der Waals surface area contributed by atoms with Crippen LogP contribution >= 0.6 is 17.3 Å². The molecule has 0 unspecified atom stereocenters. The predicted molar refractivity (Wildman–Crippen MR) is 55.1 cm³/mol. The normalized spacial score (nSPS) is 30.4. The van der Waals surface area contributed by atoms with Crippen molar-refractivity contribution < 1.29 is 14.2 Å². The Labute approximate surface area is 82.4 Å². The summed E-state index contributed by atoms with van der Waals surface area (Å²) in [5.41, 5.74) is -2.78. The van der Waals surface area contributed by atoms with Crippen molar-refractivity contribution in [1.82, 2.24) is 0 Å². The van der Waals surface area contributed by atoms with Crippen LogP contribution in [0.4, 0.5) is 0 Å². The third-order valence-electron chi connectivity index (χ3n) is 2.29. The van der Waals surface area contributed by atoms with E-state index in [1.807, 2.05) is 27.7 Å². The fourth-order valence-corrected chi connectivity index (χ4v) is 5.10. The van der Waals surface area contributed by atoms with E-state index in [4.69, 9.17) is 20.9 Å². The van der Waals surface area contributed by atoms with E-state index in [9.17, 15) is 0 Å². The minimum Gasteiger partial charge on any atom is -0.309 e. The molecule has 0 aromatic heterocycles. The highest BCUT2D eigenvalue weighted by atomic mass is 32.9. The predicted octanol–water partition coefficient (Wildman–Crippen LogP) is 1.70. The molecule has 0 spiro atoms. The molecular formula is C6H15NO2PS2+. The van der Waals surface area contributed by atoms with Crippen molar-refractivity contribution >= 4 is 29.1 Å². The SMILES string of the molecule is CC1(C)OP(=S)(S[NH3+])OC1(C)C. The molecule has 1 rings (SSSR count). The van der Waals surface area contributed by atoms with Crippen LogP contribution in [-0.2, 0) is 20.9 Å². The zero-order chi connectivity index (χ0) is 9.62. The fraction of sp³-hybridized carbons (Fsp3) is 1.00. The highest BCUT2D eigenvalue weighted by molar-refractivity contribution is 8.65. The van der Waals surface area contributed by atoms with Crippen molar-refractivity contribution in [3.05, 3.63) is 0 Å². The van der Waals surface area contributed by atoms with Gasteiger partial charge in [0.25, 0.3) is 0 Å². The molecule has 1 aliphatic heterocycles. The van der Waals surface area contributed by atoms with Crippen LogP contribution in [-0.4, -0.2) is 11.2 Å². The van der Waals surface area contributed by atoms with Crippen molar-refractivity contribution in [3.63, 3.8) is 0 Å². The highest BCUT2D eigenvalue weighted by Crippen LogP contribution is 2.69. The number of rotatable bonds is 1. The van der Waals surface area contributed by atoms with Gasteiger partial charge in [-0.15, -0.1) is 0 Å². The van der Waals surface area contributed by atoms with Gasteiger partial charge in [0.15, 0.2) is 11.6 Å². The summed E-state index contributed by atoms with van der Waals surface area (Å²) in [6, 6.07) is 0. The van der Waals surface area contributed by atoms with Gasteiger partial charge in [0.2, 0.25) is 0 Å². The van der Waals surface area contributed by atoms with E-state index < -0.39 is 5.69 Å². The Morgan fingerprint density at radius 3 is 1.67 bits per heavy atom. The van der Waals surface area contributed by atoms with Crippen LogP contribution in [0.5, 0.6) is 0 Å². The lowest BCUT2D eigenvalue weighted by molar-refractivity contribution is -0.133. The largest absolute Gasteiger partial charge is 0.309 e. The molecule has 0 radical (unpaired) electrons. The fourth-order valence-electron chi connectivity index (χ4n) is 0.850. The monoisotopic (exact) mass is 228 g/mol. The zero-order valence-corrected chi connectivity index (χ0v) is 10.3. The average Bonchev–Trinajstić information content (AvgIpc) is 1.99. The van der Waals surface area contributed by atoms with Crippen molar-refractivity contribution in [1.29, 1.82) is 0 Å². The Morgan fingerprint density at radius 1 is 1.17 bits per heavy atom. The first kappa shape index (κ1) is 11.0. The average molecular weight is 228 g/mol. The number of hydrogen-bond acceptors (Lipinski definition) is 4. The molecule has 6 heteroatoms. The molecule has 3 nitrogen and oxygen atoms in total. The maximum Gasteiger partial charge on any atom is 0.306 e. The molecule has 12 heavy (non-hydrogen) atoms. The molecule has 0 aromatic carbocycles. The van der Waals surface area contributed by atoms with Crippen LogP contribution in [0.2, 0.25) is 0 Å². The van der Waals surface area contributed by atoms with E-state index in [-0.39, 0.29) is 11.2 Å². The lowest BCUT2D eigenvalue weighted by Gasteiger charge is -2.29. The third kappa shape index (κ3) is 1.72. The molecule has 0 bridgehead atoms. The first-order valence-electron chi connectivity index (χ1n) is 3.68. The van der Waals surface area contributed by atoms with Crippen LogP contribution in [0.25, 0.3) is 0 Å². The molecule has 0 atom stereocenters. The Hall–Kier alpha value is 0.880. The summed E-state index contributed by atoms with van der Waals surface area (Å²) in [5, 5.41) is 3.68. The molecule has 1 fully saturated rings. The van der Waals surface area contributed by atoms with E-state index in [2.05, 4.69) is 5.14 Å². The Morgan fingerprint density at radius 2 is 1.50 bits per heavy atom. The molecule has 3 N–H and O–H groups in total. The summed E-state index contributed by atoms with van der Waals surface area (Å²) in [6.07, 6.45) is 0. The van der Waals surface area contributed by atoms with E-state index in [1.54, 1.807) is 0 Å². The lowest BCUT2D eigenvalue weighted by atomic mass is 9.90. The van der Waals surface area contributed by atoms with Gasteiger partial charge in [0.1, 0.15) is 0 Å². The van der Waals surface area contributed by atoms with E-state index in [0.717, 1.165) is 0 Å². The summed E-state index contributed by atoms with van der Waals surface area (Å²) in [7, 11) is 0. The van der Waals surface area contributed by atoms with Crippen molar-refractivity contribution in [2.24, 2.45) is 0 Å². The maximum atomic E-state index is 5.70. The molecule has 0 aromatic rings. The maximum absolute atomic E-state index is 5.70. The van der Waals surface area contributed by atoms with Crippen LogP contribution in [0.1, 0.15) is 27.7 Å². The first-order chi connectivity index (χ1) is 5.22. The van der Waals surface area contributed by atoms with Crippen LogP contribution in [0.15, 0.2) is 0 Å². The molecule has 0 amide bonds. The Balaban J connectivity index is 2.96. The summed E-state index contributed by atoms with van der Waals surface area (Å²) in [6.45, 7) is 7.99. The molecule has 72 valence electrons. The molecule has 1 saturated heterocycles. The summed E-state index contributed by atoms with van der Waals surface area (Å²) < 4.78 is 11.4. The van der Waals surface area contributed by atoms with Gasteiger partial charge in [-0.25, -0.2) is 0 Å². The second kappa shape index (κ2) is 2.94.